The molecule has 2 aromatic carbocycles. The summed E-state index contributed by atoms with van der Waals surface area (Å²) in [6.07, 6.45) is 2.56. The van der Waals surface area contributed by atoms with Crippen LogP contribution in [0.2, 0.25) is 10.0 Å². The quantitative estimate of drug-likeness (QED) is 0.439. The van der Waals surface area contributed by atoms with Crippen LogP contribution in [0.5, 0.6) is 0 Å². The number of carbonyl (C=O) groups is 2. The second-order valence-corrected chi connectivity index (χ2v) is 10.5. The van der Waals surface area contributed by atoms with Gasteiger partial charge in [-0.1, -0.05) is 60.8 Å². The fraction of sp³-hybridized carbons (Fsp3) is 0.391. The third-order valence-electron chi connectivity index (χ3n) is 5.17. The zero-order chi connectivity index (χ0) is 25.5. The molecule has 0 radical (unpaired) electrons. The van der Waals surface area contributed by atoms with Crippen LogP contribution < -0.4 is 9.62 Å². The van der Waals surface area contributed by atoms with E-state index in [2.05, 4.69) is 5.32 Å². The van der Waals surface area contributed by atoms with Crippen molar-refractivity contribution in [3.05, 3.63) is 63.9 Å². The largest absolute Gasteiger partial charge is 0.354 e. The van der Waals surface area contributed by atoms with Crippen molar-refractivity contribution < 1.29 is 22.4 Å². The van der Waals surface area contributed by atoms with Gasteiger partial charge in [-0.25, -0.2) is 12.8 Å². The highest BCUT2D eigenvalue weighted by Crippen LogP contribution is 2.33. The molecule has 11 heteroatoms. The zero-order valence-corrected chi connectivity index (χ0v) is 21.6. The number of hydrogen-bond donors (Lipinski definition) is 1. The number of halogens is 3. The second-order valence-electron chi connectivity index (χ2n) is 7.78. The molecule has 0 aliphatic rings. The normalized spacial score (nSPS) is 12.2. The number of unbranched alkanes of at least 4 members (excludes halogenated alkanes) is 1. The standard InChI is InChI=1S/C23H28Cl2FN3O4S/c1-4-5-13-27-23(31)16(2)28(14-17-9-6-7-11-19(17)26)21(30)15-29(34(3,32)33)20-12-8-10-18(24)22(20)25/h6-12,16H,4-5,13-15H2,1-3H3,(H,27,31)/t16-/m0/s1. The van der Waals surface area contributed by atoms with Gasteiger partial charge < -0.3 is 10.2 Å². The molecule has 2 aromatic rings. The van der Waals surface area contributed by atoms with Gasteiger partial charge in [0, 0.05) is 18.7 Å². The molecule has 34 heavy (non-hydrogen) atoms. The van der Waals surface area contributed by atoms with Crippen LogP contribution in [0.15, 0.2) is 42.5 Å². The molecule has 2 amide bonds. The Bertz CT molecular complexity index is 1130. The average Bonchev–Trinajstić information content (AvgIpc) is 2.77. The van der Waals surface area contributed by atoms with E-state index in [1.54, 1.807) is 6.07 Å². The van der Waals surface area contributed by atoms with Crippen molar-refractivity contribution in [3.8, 4) is 0 Å². The van der Waals surface area contributed by atoms with E-state index in [9.17, 15) is 22.4 Å². The van der Waals surface area contributed by atoms with Gasteiger partial charge >= 0.3 is 0 Å². The molecule has 0 bridgehead atoms. The van der Waals surface area contributed by atoms with Crippen LogP contribution in [0.25, 0.3) is 0 Å². The molecule has 0 saturated heterocycles. The Labute approximate surface area is 209 Å². The number of rotatable bonds is 11. The van der Waals surface area contributed by atoms with Gasteiger partial charge in [-0.2, -0.15) is 0 Å². The van der Waals surface area contributed by atoms with Crippen LogP contribution in [0.4, 0.5) is 10.1 Å². The number of nitrogens with zero attached hydrogens (tertiary/aromatic N) is 2. The molecule has 0 aromatic heterocycles. The van der Waals surface area contributed by atoms with Crippen LogP contribution in [-0.2, 0) is 26.2 Å². The molecule has 1 atom stereocenters. The van der Waals surface area contributed by atoms with Crippen molar-refractivity contribution in [2.45, 2.75) is 39.3 Å². The summed E-state index contributed by atoms with van der Waals surface area (Å²) in [6, 6.07) is 9.30. The molecule has 186 valence electrons. The van der Waals surface area contributed by atoms with E-state index in [0.717, 1.165) is 28.3 Å². The molecule has 1 N–H and O–H groups in total. The summed E-state index contributed by atoms with van der Waals surface area (Å²) in [5.74, 6) is -1.68. The van der Waals surface area contributed by atoms with Gasteiger partial charge in [-0.15, -0.1) is 0 Å². The summed E-state index contributed by atoms with van der Waals surface area (Å²) < 4.78 is 40.3. The van der Waals surface area contributed by atoms with Crippen LogP contribution in [-0.4, -0.2) is 50.5 Å². The van der Waals surface area contributed by atoms with Crippen LogP contribution in [0.1, 0.15) is 32.3 Å². The lowest BCUT2D eigenvalue weighted by molar-refractivity contribution is -0.139. The first-order valence-electron chi connectivity index (χ1n) is 10.7. The maximum Gasteiger partial charge on any atom is 0.244 e. The zero-order valence-electron chi connectivity index (χ0n) is 19.2. The number of benzene rings is 2. The first-order valence-corrected chi connectivity index (χ1v) is 13.3. The van der Waals surface area contributed by atoms with Gasteiger partial charge in [0.05, 0.1) is 22.0 Å². The van der Waals surface area contributed by atoms with Crippen LogP contribution >= 0.6 is 23.2 Å². The maximum atomic E-state index is 14.4. The van der Waals surface area contributed by atoms with Crippen molar-refractivity contribution in [2.75, 3.05) is 23.7 Å². The minimum absolute atomic E-state index is 0.0240. The summed E-state index contributed by atoms with van der Waals surface area (Å²) in [7, 11) is -3.96. The highest BCUT2D eigenvalue weighted by molar-refractivity contribution is 7.92. The predicted octanol–water partition coefficient (Wildman–Crippen LogP) is 4.23. The summed E-state index contributed by atoms with van der Waals surface area (Å²) in [5, 5.41) is 2.84. The van der Waals surface area contributed by atoms with Crippen LogP contribution in [0.3, 0.4) is 0 Å². The molecule has 7 nitrogen and oxygen atoms in total. The predicted molar refractivity (Wildman–Crippen MR) is 133 cm³/mol. The summed E-state index contributed by atoms with van der Waals surface area (Å²) >= 11 is 12.3. The van der Waals surface area contributed by atoms with Gasteiger partial charge in [0.15, 0.2) is 0 Å². The number of amides is 2. The molecular weight excluding hydrogens is 504 g/mol. The first-order chi connectivity index (χ1) is 16.0. The Kier molecular flexibility index (Phi) is 10.1. The molecule has 0 unspecified atom stereocenters. The minimum atomic E-state index is -3.96. The summed E-state index contributed by atoms with van der Waals surface area (Å²) in [4.78, 5) is 27.3. The van der Waals surface area contributed by atoms with Gasteiger partial charge in [0.25, 0.3) is 0 Å². The molecular formula is C23H28Cl2FN3O4S. The third kappa shape index (κ3) is 7.32. The Balaban J connectivity index is 2.41. The molecule has 0 aliphatic carbocycles. The molecule has 0 aliphatic heterocycles. The van der Waals surface area contributed by atoms with E-state index in [4.69, 9.17) is 23.2 Å². The number of anilines is 1. The average molecular weight is 532 g/mol. The molecule has 0 fully saturated rings. The number of carbonyl (C=O) groups excluding carboxylic acids is 2. The third-order valence-corrected chi connectivity index (χ3v) is 7.11. The lowest BCUT2D eigenvalue weighted by Crippen LogP contribution is -2.51. The lowest BCUT2D eigenvalue weighted by atomic mass is 10.1. The number of hydrogen-bond acceptors (Lipinski definition) is 4. The second kappa shape index (κ2) is 12.4. The summed E-state index contributed by atoms with van der Waals surface area (Å²) in [5.41, 5.74) is 0.215. The van der Waals surface area contributed by atoms with Crippen molar-refractivity contribution in [1.82, 2.24) is 10.2 Å². The Hall–Kier alpha value is -2.36. The van der Waals surface area contributed by atoms with Crippen LogP contribution in [0, 0.1) is 5.82 Å². The highest BCUT2D eigenvalue weighted by Gasteiger charge is 2.31. The number of nitrogens with one attached hydrogen (secondary N) is 1. The van der Waals surface area contributed by atoms with E-state index in [-0.39, 0.29) is 27.8 Å². The lowest BCUT2D eigenvalue weighted by Gasteiger charge is -2.31. The fourth-order valence-electron chi connectivity index (χ4n) is 3.21. The van der Waals surface area contributed by atoms with E-state index in [1.807, 2.05) is 6.92 Å². The Morgan fingerprint density at radius 1 is 1.12 bits per heavy atom. The molecule has 0 heterocycles. The molecule has 0 spiro atoms. The highest BCUT2D eigenvalue weighted by atomic mass is 35.5. The number of sulfonamides is 1. The van der Waals surface area contributed by atoms with E-state index in [0.29, 0.717) is 6.54 Å². The minimum Gasteiger partial charge on any atom is -0.354 e. The molecule has 2 rings (SSSR count). The summed E-state index contributed by atoms with van der Waals surface area (Å²) in [6.45, 7) is 3.03. The van der Waals surface area contributed by atoms with Crippen molar-refractivity contribution in [2.24, 2.45) is 0 Å². The fourth-order valence-corrected chi connectivity index (χ4v) is 4.51. The van der Waals surface area contributed by atoms with Crippen molar-refractivity contribution in [3.63, 3.8) is 0 Å². The van der Waals surface area contributed by atoms with Gasteiger partial charge in [-0.3, -0.25) is 13.9 Å². The van der Waals surface area contributed by atoms with Gasteiger partial charge in [0.2, 0.25) is 21.8 Å². The van der Waals surface area contributed by atoms with Gasteiger partial charge in [0.1, 0.15) is 18.4 Å². The van der Waals surface area contributed by atoms with Gasteiger partial charge in [-0.05, 0) is 31.5 Å². The SMILES string of the molecule is CCCCNC(=O)[C@H](C)N(Cc1ccccc1F)C(=O)CN(c1cccc(Cl)c1Cl)S(C)(=O)=O. The monoisotopic (exact) mass is 531 g/mol. The smallest absolute Gasteiger partial charge is 0.244 e. The van der Waals surface area contributed by atoms with E-state index < -0.39 is 40.2 Å². The maximum absolute atomic E-state index is 14.4. The van der Waals surface area contributed by atoms with E-state index >= 15 is 0 Å². The Morgan fingerprint density at radius 3 is 2.41 bits per heavy atom. The topological polar surface area (TPSA) is 86.8 Å². The first kappa shape index (κ1) is 27.9. The van der Waals surface area contributed by atoms with Crippen molar-refractivity contribution >= 4 is 50.7 Å². The Morgan fingerprint density at radius 2 is 1.79 bits per heavy atom. The van der Waals surface area contributed by atoms with Crippen molar-refractivity contribution in [1.29, 1.82) is 0 Å². The molecule has 0 saturated carbocycles. The van der Waals surface area contributed by atoms with E-state index in [1.165, 1.54) is 43.3 Å².